The number of aromatic nitrogens is 3. The maximum absolute atomic E-state index is 12.3. The number of carbonyl (C=O) groups excluding carboxylic acids is 1. The molecule has 3 aromatic heterocycles. The van der Waals surface area contributed by atoms with Gasteiger partial charge in [0.1, 0.15) is 5.65 Å². The lowest BCUT2D eigenvalue weighted by molar-refractivity contribution is 0.205. The predicted octanol–water partition coefficient (Wildman–Crippen LogP) is 3.02. The van der Waals surface area contributed by atoms with Gasteiger partial charge >= 0.3 is 6.03 Å². The van der Waals surface area contributed by atoms with Crippen LogP contribution in [0.25, 0.3) is 21.8 Å². The Morgan fingerprint density at radius 1 is 1.38 bits per heavy atom. The number of aromatic amines is 1. The number of hydrogen-bond acceptors (Lipinski definition) is 3. The summed E-state index contributed by atoms with van der Waals surface area (Å²) in [6.45, 7) is 5.47. The van der Waals surface area contributed by atoms with Gasteiger partial charge in [0.05, 0.1) is 0 Å². The summed E-state index contributed by atoms with van der Waals surface area (Å²) in [5.74, 6) is 0.305. The molecule has 124 valence electrons. The van der Waals surface area contributed by atoms with Crippen molar-refractivity contribution in [2.45, 2.75) is 32.2 Å². The highest BCUT2D eigenvalue weighted by Crippen LogP contribution is 2.34. The third-order valence-corrected chi connectivity index (χ3v) is 4.66. The number of rotatable bonds is 2. The van der Waals surface area contributed by atoms with Crippen LogP contribution in [0.5, 0.6) is 0 Å². The Labute approximate surface area is 140 Å². The molecule has 4 rings (SSSR count). The Hall–Kier alpha value is -2.63. The minimum Gasteiger partial charge on any atom is -0.346 e. The quantitative estimate of drug-likeness (QED) is 0.761. The molecule has 1 atom stereocenters. The fraction of sp³-hybridized carbons (Fsp3) is 0.389. The van der Waals surface area contributed by atoms with Crippen LogP contribution in [0.3, 0.4) is 0 Å². The number of likely N-dealkylation sites (tertiary alicyclic amines) is 1. The number of hydrogen-bond donors (Lipinski definition) is 2. The van der Waals surface area contributed by atoms with E-state index in [2.05, 4.69) is 26.3 Å². The first-order chi connectivity index (χ1) is 11.6. The number of urea groups is 1. The average molecular weight is 323 g/mol. The Balaban J connectivity index is 1.70. The van der Waals surface area contributed by atoms with Crippen molar-refractivity contribution >= 4 is 27.8 Å². The van der Waals surface area contributed by atoms with E-state index in [-0.39, 0.29) is 12.1 Å². The van der Waals surface area contributed by atoms with Crippen LogP contribution in [0.15, 0.2) is 30.9 Å². The lowest BCUT2D eigenvalue weighted by Crippen LogP contribution is -2.41. The Morgan fingerprint density at radius 3 is 3.08 bits per heavy atom. The van der Waals surface area contributed by atoms with Crippen molar-refractivity contribution < 1.29 is 4.79 Å². The van der Waals surface area contributed by atoms with Crippen LogP contribution in [-0.2, 0) is 0 Å². The summed E-state index contributed by atoms with van der Waals surface area (Å²) in [7, 11) is 0. The van der Waals surface area contributed by atoms with Crippen LogP contribution in [0.2, 0.25) is 0 Å². The van der Waals surface area contributed by atoms with Crippen LogP contribution in [-0.4, -0.2) is 45.0 Å². The van der Waals surface area contributed by atoms with E-state index < -0.39 is 0 Å². The molecule has 2 N–H and O–H groups in total. The lowest BCUT2D eigenvalue weighted by atomic mass is 9.94. The van der Waals surface area contributed by atoms with Crippen LogP contribution in [0.4, 0.5) is 4.79 Å². The third kappa shape index (κ3) is 2.48. The second-order valence-electron chi connectivity index (χ2n) is 6.73. The van der Waals surface area contributed by atoms with E-state index in [0.29, 0.717) is 5.92 Å². The molecule has 4 heterocycles. The van der Waals surface area contributed by atoms with Crippen LogP contribution in [0.1, 0.15) is 31.7 Å². The monoisotopic (exact) mass is 323 g/mol. The number of pyridine rings is 2. The minimum atomic E-state index is 0.0224. The highest BCUT2D eigenvalue weighted by atomic mass is 16.2. The molecule has 0 aromatic carbocycles. The molecular weight excluding hydrogens is 302 g/mol. The van der Waals surface area contributed by atoms with Gasteiger partial charge in [0.15, 0.2) is 0 Å². The summed E-state index contributed by atoms with van der Waals surface area (Å²) >= 11 is 0. The molecule has 0 spiro atoms. The summed E-state index contributed by atoms with van der Waals surface area (Å²) in [5, 5.41) is 6.34. The van der Waals surface area contributed by atoms with Crippen molar-refractivity contribution in [2.24, 2.45) is 0 Å². The lowest BCUT2D eigenvalue weighted by Gasteiger charge is -2.19. The number of nitrogens with one attached hydrogen (secondary N) is 2. The van der Waals surface area contributed by atoms with Gasteiger partial charge in [0.2, 0.25) is 0 Å². The Kier molecular flexibility index (Phi) is 3.59. The number of amides is 2. The summed E-state index contributed by atoms with van der Waals surface area (Å²) in [6, 6.07) is 2.24. The summed E-state index contributed by atoms with van der Waals surface area (Å²) < 4.78 is 0. The standard InChI is InChI=1S/C18H21N5O/c1-11(2)22-18(24)23-6-4-12(10-23)15-9-19-7-13-8-21-17-14(16(13)15)3-5-20-17/h3,5,7-9,11-12H,4,6,10H2,1-2H3,(H,20,21)(H,22,24). The van der Waals surface area contributed by atoms with Crippen molar-refractivity contribution in [3.8, 4) is 0 Å². The summed E-state index contributed by atoms with van der Waals surface area (Å²) in [6.07, 6.45) is 8.54. The van der Waals surface area contributed by atoms with Gasteiger partial charge in [-0.2, -0.15) is 0 Å². The molecular formula is C18H21N5O. The zero-order valence-corrected chi connectivity index (χ0v) is 13.9. The zero-order valence-electron chi connectivity index (χ0n) is 13.9. The molecule has 0 saturated carbocycles. The van der Waals surface area contributed by atoms with Crippen molar-refractivity contribution in [3.05, 3.63) is 36.4 Å². The predicted molar refractivity (Wildman–Crippen MR) is 94.0 cm³/mol. The molecule has 0 bridgehead atoms. The van der Waals surface area contributed by atoms with E-state index in [1.165, 1.54) is 10.9 Å². The molecule has 3 aromatic rings. The number of carbonyl (C=O) groups is 1. The fourth-order valence-electron chi connectivity index (χ4n) is 3.55. The topological polar surface area (TPSA) is 73.9 Å². The van der Waals surface area contributed by atoms with Crippen molar-refractivity contribution in [1.82, 2.24) is 25.2 Å². The second-order valence-corrected chi connectivity index (χ2v) is 6.73. The number of fused-ring (bicyclic) bond motifs is 3. The summed E-state index contributed by atoms with van der Waals surface area (Å²) in [5.41, 5.74) is 2.10. The fourth-order valence-corrected chi connectivity index (χ4v) is 3.55. The van der Waals surface area contributed by atoms with Crippen LogP contribution < -0.4 is 5.32 Å². The molecule has 6 heteroatoms. The molecule has 1 aliphatic heterocycles. The molecule has 1 unspecified atom stereocenters. The molecule has 6 nitrogen and oxygen atoms in total. The van der Waals surface area contributed by atoms with E-state index in [1.807, 2.05) is 43.5 Å². The first kappa shape index (κ1) is 14.9. The molecule has 1 saturated heterocycles. The minimum absolute atomic E-state index is 0.0224. The SMILES string of the molecule is CC(C)NC(=O)N1CCC(c2cncc3cnc4[nH]ccc4c23)C1. The maximum atomic E-state index is 12.3. The average Bonchev–Trinajstić information content (AvgIpc) is 3.22. The van der Waals surface area contributed by atoms with E-state index in [9.17, 15) is 4.79 Å². The molecule has 24 heavy (non-hydrogen) atoms. The molecule has 1 aliphatic rings. The molecule has 1 fully saturated rings. The van der Waals surface area contributed by atoms with Crippen molar-refractivity contribution in [1.29, 1.82) is 0 Å². The van der Waals surface area contributed by atoms with Crippen molar-refractivity contribution in [2.75, 3.05) is 13.1 Å². The van der Waals surface area contributed by atoms with E-state index in [0.717, 1.165) is 35.9 Å². The van der Waals surface area contributed by atoms with E-state index >= 15 is 0 Å². The van der Waals surface area contributed by atoms with E-state index in [1.54, 1.807) is 0 Å². The van der Waals surface area contributed by atoms with Gasteiger partial charge in [-0.25, -0.2) is 9.78 Å². The molecule has 0 aliphatic carbocycles. The highest BCUT2D eigenvalue weighted by Gasteiger charge is 2.29. The highest BCUT2D eigenvalue weighted by molar-refractivity contribution is 6.06. The van der Waals surface area contributed by atoms with Gasteiger partial charge in [-0.1, -0.05) is 0 Å². The maximum Gasteiger partial charge on any atom is 0.317 e. The molecule has 0 radical (unpaired) electrons. The smallest absolute Gasteiger partial charge is 0.317 e. The van der Waals surface area contributed by atoms with E-state index in [4.69, 9.17) is 0 Å². The number of H-pyrrole nitrogens is 1. The first-order valence-corrected chi connectivity index (χ1v) is 8.38. The largest absolute Gasteiger partial charge is 0.346 e. The second kappa shape index (κ2) is 5.78. The van der Waals surface area contributed by atoms with Gasteiger partial charge in [-0.05, 0) is 31.9 Å². The normalized spacial score (nSPS) is 18.0. The Morgan fingerprint density at radius 2 is 2.25 bits per heavy atom. The zero-order chi connectivity index (χ0) is 16.7. The Bertz CT molecular complexity index is 901. The molecule has 2 amide bonds. The first-order valence-electron chi connectivity index (χ1n) is 8.38. The van der Waals surface area contributed by atoms with Gasteiger partial charge in [-0.3, -0.25) is 4.98 Å². The van der Waals surface area contributed by atoms with Crippen molar-refractivity contribution in [3.63, 3.8) is 0 Å². The third-order valence-electron chi connectivity index (χ3n) is 4.66. The number of nitrogens with zero attached hydrogens (tertiary/aromatic N) is 3. The summed E-state index contributed by atoms with van der Waals surface area (Å²) in [4.78, 5) is 26.2. The van der Waals surface area contributed by atoms with Gasteiger partial charge in [0.25, 0.3) is 0 Å². The van der Waals surface area contributed by atoms with Gasteiger partial charge in [-0.15, -0.1) is 0 Å². The van der Waals surface area contributed by atoms with Gasteiger partial charge < -0.3 is 15.2 Å². The van der Waals surface area contributed by atoms with Crippen LogP contribution in [0, 0.1) is 0 Å². The van der Waals surface area contributed by atoms with Crippen LogP contribution >= 0.6 is 0 Å². The van der Waals surface area contributed by atoms with Gasteiger partial charge in [0, 0.05) is 66.0 Å².